The highest BCUT2D eigenvalue weighted by Gasteiger charge is 2.17. The van der Waals surface area contributed by atoms with E-state index in [4.69, 9.17) is 10.5 Å². The van der Waals surface area contributed by atoms with Gasteiger partial charge in [-0.05, 0) is 48.6 Å². The molecule has 4 rings (SSSR count). The average molecular weight is 507 g/mol. The zero-order valence-corrected chi connectivity index (χ0v) is 21.4. The van der Waals surface area contributed by atoms with Crippen LogP contribution in [-0.2, 0) is 24.5 Å². The number of rotatable bonds is 12. The minimum atomic E-state index is -0.969. The molecule has 0 aliphatic carbocycles. The second-order valence-corrected chi connectivity index (χ2v) is 10.7. The predicted octanol–water partition coefficient (Wildman–Crippen LogP) is 6.17. The third kappa shape index (κ3) is 7.26. The molecule has 182 valence electrons. The fourth-order valence-electron chi connectivity index (χ4n) is 3.87. The SMILES string of the molecule is Cc1cccc(COc2ccccc2CN(CCC(N)C(=O)O)Cc2ccc(-c3cccs3)s2)c1. The van der Waals surface area contributed by atoms with Gasteiger partial charge in [-0.3, -0.25) is 9.69 Å². The standard InChI is InChI=1S/C28H30N2O3S2/c1-20-6-4-7-21(16-20)19-33-25-9-3-2-8-22(25)17-30(14-13-24(29)28(31)32)18-23-11-12-27(35-23)26-10-5-15-34-26/h2-12,15-16,24H,13-14,17-19,29H2,1H3,(H,31,32). The number of thiophene rings is 2. The van der Waals surface area contributed by atoms with Gasteiger partial charge in [0.15, 0.2) is 0 Å². The van der Waals surface area contributed by atoms with Crippen molar-refractivity contribution in [3.05, 3.63) is 99.7 Å². The van der Waals surface area contributed by atoms with Crippen LogP contribution < -0.4 is 10.5 Å². The number of aryl methyl sites for hydroxylation is 1. The van der Waals surface area contributed by atoms with E-state index in [1.807, 2.05) is 24.3 Å². The number of nitrogens with two attached hydrogens (primary N) is 1. The van der Waals surface area contributed by atoms with Gasteiger partial charge in [0.25, 0.3) is 0 Å². The van der Waals surface area contributed by atoms with Crippen molar-refractivity contribution < 1.29 is 14.6 Å². The summed E-state index contributed by atoms with van der Waals surface area (Å²) in [5.41, 5.74) is 9.23. The van der Waals surface area contributed by atoms with Gasteiger partial charge in [0, 0.05) is 39.8 Å². The lowest BCUT2D eigenvalue weighted by Gasteiger charge is -2.24. The molecule has 0 saturated carbocycles. The van der Waals surface area contributed by atoms with Crippen LogP contribution in [0.2, 0.25) is 0 Å². The quantitative estimate of drug-likeness (QED) is 0.240. The van der Waals surface area contributed by atoms with E-state index in [9.17, 15) is 9.90 Å². The zero-order valence-electron chi connectivity index (χ0n) is 19.7. The van der Waals surface area contributed by atoms with Gasteiger partial charge in [-0.1, -0.05) is 54.1 Å². The number of para-hydroxylation sites is 1. The lowest BCUT2D eigenvalue weighted by molar-refractivity contribution is -0.138. The van der Waals surface area contributed by atoms with Gasteiger partial charge in [0.05, 0.1) is 0 Å². The molecule has 0 radical (unpaired) electrons. The third-order valence-corrected chi connectivity index (χ3v) is 7.86. The van der Waals surface area contributed by atoms with Crippen LogP contribution in [0.1, 0.15) is 28.0 Å². The summed E-state index contributed by atoms with van der Waals surface area (Å²) in [6, 6.07) is 24.0. The summed E-state index contributed by atoms with van der Waals surface area (Å²) in [5.74, 6) is -0.130. The number of ether oxygens (including phenoxy) is 1. The van der Waals surface area contributed by atoms with Crippen molar-refractivity contribution in [3.63, 3.8) is 0 Å². The lowest BCUT2D eigenvalue weighted by atomic mass is 10.1. The summed E-state index contributed by atoms with van der Waals surface area (Å²) in [6.45, 7) is 4.51. The van der Waals surface area contributed by atoms with Crippen LogP contribution in [-0.4, -0.2) is 28.6 Å². The Kier molecular flexibility index (Phi) is 8.71. The van der Waals surface area contributed by atoms with E-state index < -0.39 is 12.0 Å². The summed E-state index contributed by atoms with van der Waals surface area (Å²) in [7, 11) is 0. The maximum absolute atomic E-state index is 11.3. The average Bonchev–Trinajstić information content (AvgIpc) is 3.54. The fraction of sp³-hybridized carbons (Fsp3) is 0.250. The number of carboxylic acid groups (broad SMARTS) is 1. The molecule has 7 heteroatoms. The molecule has 0 saturated heterocycles. The lowest BCUT2D eigenvalue weighted by Crippen LogP contribution is -2.35. The number of benzene rings is 2. The summed E-state index contributed by atoms with van der Waals surface area (Å²) in [5, 5.41) is 11.4. The maximum Gasteiger partial charge on any atom is 0.320 e. The third-order valence-electron chi connectivity index (χ3n) is 5.72. The number of carboxylic acids is 1. The second kappa shape index (κ2) is 12.1. The topological polar surface area (TPSA) is 75.8 Å². The molecule has 0 fully saturated rings. The maximum atomic E-state index is 11.3. The highest BCUT2D eigenvalue weighted by molar-refractivity contribution is 7.21. The Morgan fingerprint density at radius 2 is 1.89 bits per heavy atom. The summed E-state index contributed by atoms with van der Waals surface area (Å²) < 4.78 is 6.20. The first-order chi connectivity index (χ1) is 17.0. The Labute approximate surface area is 214 Å². The number of hydrogen-bond acceptors (Lipinski definition) is 6. The molecule has 5 nitrogen and oxygen atoms in total. The fourth-order valence-corrected chi connectivity index (χ4v) is 5.76. The molecule has 0 amide bonds. The summed E-state index contributed by atoms with van der Waals surface area (Å²) in [6.07, 6.45) is 0.380. The molecule has 2 heterocycles. The van der Waals surface area contributed by atoms with Crippen LogP contribution in [0.25, 0.3) is 9.75 Å². The normalized spacial score (nSPS) is 12.1. The van der Waals surface area contributed by atoms with Crippen molar-refractivity contribution in [1.29, 1.82) is 0 Å². The molecular weight excluding hydrogens is 476 g/mol. The number of carbonyl (C=O) groups is 1. The van der Waals surface area contributed by atoms with E-state index in [1.165, 1.54) is 20.2 Å². The molecular formula is C28H30N2O3S2. The monoisotopic (exact) mass is 506 g/mol. The number of hydrogen-bond donors (Lipinski definition) is 2. The zero-order chi connectivity index (χ0) is 24.6. The molecule has 0 spiro atoms. The van der Waals surface area contributed by atoms with Crippen LogP contribution in [0.5, 0.6) is 5.75 Å². The predicted molar refractivity (Wildman–Crippen MR) is 144 cm³/mol. The summed E-state index contributed by atoms with van der Waals surface area (Å²) in [4.78, 5) is 17.3. The Morgan fingerprint density at radius 3 is 2.66 bits per heavy atom. The summed E-state index contributed by atoms with van der Waals surface area (Å²) >= 11 is 3.51. The molecule has 0 aliphatic rings. The van der Waals surface area contributed by atoms with Crippen molar-refractivity contribution in [3.8, 4) is 15.5 Å². The Morgan fingerprint density at radius 1 is 1.03 bits per heavy atom. The molecule has 3 N–H and O–H groups in total. The largest absolute Gasteiger partial charge is 0.489 e. The number of nitrogens with zero attached hydrogens (tertiary/aromatic N) is 1. The van der Waals surface area contributed by atoms with Gasteiger partial charge < -0.3 is 15.6 Å². The molecule has 1 unspecified atom stereocenters. The van der Waals surface area contributed by atoms with Gasteiger partial charge in [-0.25, -0.2) is 0 Å². The smallest absolute Gasteiger partial charge is 0.320 e. The minimum Gasteiger partial charge on any atom is -0.489 e. The minimum absolute atomic E-state index is 0.380. The molecule has 35 heavy (non-hydrogen) atoms. The van der Waals surface area contributed by atoms with Crippen LogP contribution in [0.3, 0.4) is 0 Å². The first kappa shape index (κ1) is 25.1. The van der Waals surface area contributed by atoms with Gasteiger partial charge in [0.2, 0.25) is 0 Å². The van der Waals surface area contributed by atoms with Crippen LogP contribution in [0.15, 0.2) is 78.2 Å². The van der Waals surface area contributed by atoms with E-state index in [2.05, 4.69) is 65.7 Å². The Bertz CT molecular complexity index is 1240. The molecule has 4 aromatic rings. The molecule has 1 atom stereocenters. The first-order valence-electron chi connectivity index (χ1n) is 11.6. The van der Waals surface area contributed by atoms with Crippen molar-refractivity contribution in [2.45, 2.75) is 39.1 Å². The van der Waals surface area contributed by atoms with Gasteiger partial charge in [-0.2, -0.15) is 0 Å². The van der Waals surface area contributed by atoms with E-state index in [-0.39, 0.29) is 0 Å². The van der Waals surface area contributed by atoms with E-state index in [0.717, 1.165) is 16.9 Å². The molecule has 2 aromatic carbocycles. The highest BCUT2D eigenvalue weighted by atomic mass is 32.1. The number of aliphatic carboxylic acids is 1. The van der Waals surface area contributed by atoms with Gasteiger partial charge in [0.1, 0.15) is 18.4 Å². The van der Waals surface area contributed by atoms with Crippen molar-refractivity contribution in [1.82, 2.24) is 4.90 Å². The van der Waals surface area contributed by atoms with Crippen molar-refractivity contribution in [2.24, 2.45) is 5.73 Å². The van der Waals surface area contributed by atoms with Crippen molar-refractivity contribution in [2.75, 3.05) is 6.54 Å². The molecule has 0 aliphatic heterocycles. The molecule has 2 aromatic heterocycles. The Balaban J connectivity index is 1.48. The van der Waals surface area contributed by atoms with Gasteiger partial charge >= 0.3 is 5.97 Å². The highest BCUT2D eigenvalue weighted by Crippen LogP contribution is 2.32. The first-order valence-corrected chi connectivity index (χ1v) is 13.3. The van der Waals surface area contributed by atoms with Crippen LogP contribution in [0, 0.1) is 6.92 Å². The van der Waals surface area contributed by atoms with E-state index in [0.29, 0.717) is 32.7 Å². The second-order valence-electron chi connectivity index (χ2n) is 8.57. The van der Waals surface area contributed by atoms with Crippen molar-refractivity contribution >= 4 is 28.6 Å². The van der Waals surface area contributed by atoms with E-state index in [1.54, 1.807) is 22.7 Å². The Hall–Kier alpha value is -2.97. The van der Waals surface area contributed by atoms with E-state index >= 15 is 0 Å². The van der Waals surface area contributed by atoms with Crippen LogP contribution in [0.4, 0.5) is 0 Å². The molecule has 0 bridgehead atoms. The van der Waals surface area contributed by atoms with Crippen LogP contribution >= 0.6 is 22.7 Å². The van der Waals surface area contributed by atoms with Gasteiger partial charge in [-0.15, -0.1) is 22.7 Å².